The number of carbonyl (C=O) groups is 2. The molecule has 0 spiro atoms. The van der Waals surface area contributed by atoms with Crippen molar-refractivity contribution in [3.05, 3.63) is 63.9 Å². The van der Waals surface area contributed by atoms with Gasteiger partial charge in [0, 0.05) is 22.6 Å². The summed E-state index contributed by atoms with van der Waals surface area (Å²) < 4.78 is 41.4. The number of nitrogens with zero attached hydrogens (tertiary/aromatic N) is 2. The lowest BCUT2D eigenvalue weighted by molar-refractivity contribution is -0.139. The predicted molar refractivity (Wildman–Crippen MR) is 135 cm³/mol. The topological polar surface area (TPSA) is 86.8 Å². The zero-order valence-corrected chi connectivity index (χ0v) is 22.4. The SMILES string of the molecule is CCC(C)NC(=O)C(C)N(Cc1ccccc1F)C(=O)CN(c1ccc(Br)c(C)c1)S(C)(=O)=O. The van der Waals surface area contributed by atoms with Gasteiger partial charge >= 0.3 is 0 Å². The van der Waals surface area contributed by atoms with Crippen LogP contribution in [0.4, 0.5) is 10.1 Å². The fourth-order valence-electron chi connectivity index (χ4n) is 3.26. The van der Waals surface area contributed by atoms with Gasteiger partial charge in [0.2, 0.25) is 21.8 Å². The van der Waals surface area contributed by atoms with E-state index in [1.54, 1.807) is 31.2 Å². The maximum absolute atomic E-state index is 14.4. The third kappa shape index (κ3) is 7.27. The van der Waals surface area contributed by atoms with E-state index in [1.165, 1.54) is 23.1 Å². The number of carbonyl (C=O) groups excluding carboxylic acids is 2. The Morgan fingerprint density at radius 3 is 2.35 bits per heavy atom. The summed E-state index contributed by atoms with van der Waals surface area (Å²) in [5, 5.41) is 2.83. The molecule has 0 aliphatic heterocycles. The van der Waals surface area contributed by atoms with Crippen LogP contribution in [0.5, 0.6) is 0 Å². The van der Waals surface area contributed by atoms with Crippen molar-refractivity contribution in [1.82, 2.24) is 10.2 Å². The molecule has 0 aliphatic rings. The maximum Gasteiger partial charge on any atom is 0.244 e. The molecule has 2 aromatic carbocycles. The summed E-state index contributed by atoms with van der Waals surface area (Å²) in [5.41, 5.74) is 1.34. The molecule has 2 atom stereocenters. The Hall–Kier alpha value is -2.46. The van der Waals surface area contributed by atoms with Crippen LogP contribution >= 0.6 is 15.9 Å². The van der Waals surface area contributed by atoms with Crippen LogP contribution in [0, 0.1) is 12.7 Å². The van der Waals surface area contributed by atoms with Gasteiger partial charge in [0.15, 0.2) is 0 Å². The second-order valence-electron chi connectivity index (χ2n) is 8.31. The molecule has 2 unspecified atom stereocenters. The van der Waals surface area contributed by atoms with E-state index in [-0.39, 0.29) is 18.2 Å². The molecular weight excluding hydrogens is 525 g/mol. The molecule has 0 saturated carbocycles. The summed E-state index contributed by atoms with van der Waals surface area (Å²) in [6.45, 7) is 6.40. The van der Waals surface area contributed by atoms with Crippen LogP contribution in [0.3, 0.4) is 0 Å². The van der Waals surface area contributed by atoms with Gasteiger partial charge in [-0.15, -0.1) is 0 Å². The molecule has 1 N–H and O–H groups in total. The average Bonchev–Trinajstić information content (AvgIpc) is 2.77. The van der Waals surface area contributed by atoms with E-state index in [1.807, 2.05) is 20.8 Å². The lowest BCUT2D eigenvalue weighted by Crippen LogP contribution is -2.52. The predicted octanol–water partition coefficient (Wildman–Crippen LogP) is 3.99. The minimum atomic E-state index is -3.83. The molecule has 186 valence electrons. The largest absolute Gasteiger partial charge is 0.352 e. The van der Waals surface area contributed by atoms with Crippen LogP contribution in [0.15, 0.2) is 46.9 Å². The van der Waals surface area contributed by atoms with Crippen molar-refractivity contribution < 1.29 is 22.4 Å². The van der Waals surface area contributed by atoms with Crippen LogP contribution in [0.2, 0.25) is 0 Å². The zero-order valence-electron chi connectivity index (χ0n) is 20.0. The molecule has 34 heavy (non-hydrogen) atoms. The highest BCUT2D eigenvalue weighted by Crippen LogP contribution is 2.25. The third-order valence-corrected chi connectivity index (χ3v) is 7.61. The highest BCUT2D eigenvalue weighted by molar-refractivity contribution is 9.10. The Morgan fingerprint density at radius 1 is 1.15 bits per heavy atom. The third-order valence-electron chi connectivity index (χ3n) is 5.58. The molecule has 10 heteroatoms. The summed E-state index contributed by atoms with van der Waals surface area (Å²) >= 11 is 3.38. The van der Waals surface area contributed by atoms with Crippen LogP contribution in [-0.2, 0) is 26.2 Å². The van der Waals surface area contributed by atoms with Crippen molar-refractivity contribution in [1.29, 1.82) is 0 Å². The van der Waals surface area contributed by atoms with E-state index in [9.17, 15) is 22.4 Å². The first-order chi connectivity index (χ1) is 15.8. The molecule has 0 aliphatic carbocycles. The number of benzene rings is 2. The Kier molecular flexibility index (Phi) is 9.64. The van der Waals surface area contributed by atoms with Crippen LogP contribution < -0.4 is 9.62 Å². The van der Waals surface area contributed by atoms with E-state index in [0.717, 1.165) is 20.6 Å². The van der Waals surface area contributed by atoms with Crippen molar-refractivity contribution in [2.45, 2.75) is 52.7 Å². The number of hydrogen-bond donors (Lipinski definition) is 1. The Morgan fingerprint density at radius 2 is 1.79 bits per heavy atom. The number of hydrogen-bond acceptors (Lipinski definition) is 4. The Bertz CT molecular complexity index is 1140. The van der Waals surface area contributed by atoms with Crippen LogP contribution in [-0.4, -0.2) is 50.0 Å². The van der Waals surface area contributed by atoms with E-state index < -0.39 is 40.2 Å². The van der Waals surface area contributed by atoms with Crippen molar-refractivity contribution in [3.63, 3.8) is 0 Å². The number of sulfonamides is 1. The van der Waals surface area contributed by atoms with Gasteiger partial charge in [-0.3, -0.25) is 13.9 Å². The smallest absolute Gasteiger partial charge is 0.244 e. The molecule has 0 radical (unpaired) electrons. The van der Waals surface area contributed by atoms with E-state index >= 15 is 0 Å². The van der Waals surface area contributed by atoms with Gasteiger partial charge in [0.1, 0.15) is 18.4 Å². The molecule has 0 heterocycles. The van der Waals surface area contributed by atoms with Gasteiger partial charge in [-0.05, 0) is 57.0 Å². The number of halogens is 2. The minimum absolute atomic E-state index is 0.112. The van der Waals surface area contributed by atoms with Gasteiger partial charge in [-0.25, -0.2) is 12.8 Å². The zero-order chi connectivity index (χ0) is 25.6. The lowest BCUT2D eigenvalue weighted by atomic mass is 10.1. The first kappa shape index (κ1) is 27.8. The average molecular weight is 556 g/mol. The molecule has 2 aromatic rings. The molecule has 0 bridgehead atoms. The van der Waals surface area contributed by atoms with E-state index in [2.05, 4.69) is 21.2 Å². The second-order valence-corrected chi connectivity index (χ2v) is 11.1. The number of nitrogens with one attached hydrogen (secondary N) is 1. The number of amides is 2. The molecule has 2 rings (SSSR count). The van der Waals surface area contributed by atoms with Gasteiger partial charge in [-0.1, -0.05) is 41.1 Å². The van der Waals surface area contributed by atoms with Gasteiger partial charge in [-0.2, -0.15) is 0 Å². The summed E-state index contributed by atoms with van der Waals surface area (Å²) in [7, 11) is -3.83. The quantitative estimate of drug-likeness (QED) is 0.480. The number of anilines is 1. The molecular formula is C24H31BrFN3O4S. The Labute approximate surface area is 209 Å². The Balaban J connectivity index is 2.42. The monoisotopic (exact) mass is 555 g/mol. The molecule has 7 nitrogen and oxygen atoms in total. The fraction of sp³-hybridized carbons (Fsp3) is 0.417. The highest BCUT2D eigenvalue weighted by atomic mass is 79.9. The van der Waals surface area contributed by atoms with Crippen LogP contribution in [0.1, 0.15) is 38.3 Å². The van der Waals surface area contributed by atoms with Crippen molar-refractivity contribution >= 4 is 43.5 Å². The number of rotatable bonds is 10. The van der Waals surface area contributed by atoms with Crippen LogP contribution in [0.25, 0.3) is 0 Å². The van der Waals surface area contributed by atoms with E-state index in [0.29, 0.717) is 12.1 Å². The summed E-state index contributed by atoms with van der Waals surface area (Å²) in [6, 6.07) is 9.85. The molecule has 0 aromatic heterocycles. The molecule has 2 amide bonds. The van der Waals surface area contributed by atoms with E-state index in [4.69, 9.17) is 0 Å². The summed E-state index contributed by atoms with van der Waals surface area (Å²) in [4.78, 5) is 27.5. The van der Waals surface area contributed by atoms with Crippen molar-refractivity contribution in [2.24, 2.45) is 0 Å². The van der Waals surface area contributed by atoms with Gasteiger partial charge < -0.3 is 10.2 Å². The van der Waals surface area contributed by atoms with Crippen molar-refractivity contribution in [2.75, 3.05) is 17.1 Å². The standard InChI is InChI=1S/C24H31BrFN3O4S/c1-6-17(3)27-24(31)18(4)28(14-19-9-7-8-10-22(19)26)23(30)15-29(34(5,32)33)20-11-12-21(25)16(2)13-20/h7-13,17-18H,6,14-15H2,1-5H3,(H,27,31). The number of aryl methyl sites for hydroxylation is 1. The van der Waals surface area contributed by atoms with Gasteiger partial charge in [0.05, 0.1) is 11.9 Å². The normalized spacial score (nSPS) is 13.1. The summed E-state index contributed by atoms with van der Waals surface area (Å²) in [6.07, 6.45) is 1.71. The highest BCUT2D eigenvalue weighted by Gasteiger charge is 2.31. The fourth-order valence-corrected chi connectivity index (χ4v) is 4.34. The second kappa shape index (κ2) is 11.8. The molecule has 0 saturated heterocycles. The first-order valence-corrected chi connectivity index (χ1v) is 13.6. The molecule has 0 fully saturated rings. The minimum Gasteiger partial charge on any atom is -0.352 e. The maximum atomic E-state index is 14.4. The lowest BCUT2D eigenvalue weighted by Gasteiger charge is -2.32. The first-order valence-electron chi connectivity index (χ1n) is 10.9. The van der Waals surface area contributed by atoms with Crippen molar-refractivity contribution in [3.8, 4) is 0 Å². The van der Waals surface area contributed by atoms with Gasteiger partial charge in [0.25, 0.3) is 0 Å². The summed E-state index contributed by atoms with van der Waals surface area (Å²) in [5.74, 6) is -1.54.